The van der Waals surface area contributed by atoms with E-state index < -0.39 is 0 Å². The maximum Gasteiger partial charge on any atom is 0.194 e. The number of nitrogens with zero attached hydrogens (tertiary/aromatic N) is 5. The van der Waals surface area contributed by atoms with Crippen molar-refractivity contribution in [3.8, 4) is 5.75 Å². The van der Waals surface area contributed by atoms with Crippen molar-refractivity contribution in [2.45, 2.75) is 20.0 Å². The van der Waals surface area contributed by atoms with Crippen LogP contribution in [-0.4, -0.2) is 44.3 Å². The number of aromatic hydroxyl groups is 1. The molecule has 23 heavy (non-hydrogen) atoms. The fourth-order valence-corrected chi connectivity index (χ4v) is 1.99. The van der Waals surface area contributed by atoms with Crippen LogP contribution in [0.1, 0.15) is 18.3 Å². The average molecular weight is 430 g/mol. The molecule has 1 aromatic heterocycles. The number of guanidine groups is 1. The fraction of sp³-hybridized carbons (Fsp3) is 0.400. The molecule has 0 radical (unpaired) electrons. The van der Waals surface area contributed by atoms with Crippen molar-refractivity contribution in [2.75, 3.05) is 13.6 Å². The Morgan fingerprint density at radius 2 is 2.04 bits per heavy atom. The van der Waals surface area contributed by atoms with Crippen LogP contribution in [0, 0.1) is 0 Å². The lowest BCUT2D eigenvalue weighted by molar-refractivity contribution is 0.448. The first kappa shape index (κ1) is 19.2. The maximum absolute atomic E-state index is 9.30. The Morgan fingerprint density at radius 1 is 1.35 bits per heavy atom. The molecule has 0 saturated heterocycles. The van der Waals surface area contributed by atoms with Crippen LogP contribution >= 0.6 is 24.0 Å². The molecular formula is C15H23IN6O. The molecule has 0 amide bonds. The van der Waals surface area contributed by atoms with Gasteiger partial charge in [-0.05, 0) is 24.6 Å². The highest BCUT2D eigenvalue weighted by Crippen LogP contribution is 2.10. The molecule has 126 valence electrons. The number of hydrogen-bond acceptors (Lipinski definition) is 4. The molecule has 2 aromatic rings. The van der Waals surface area contributed by atoms with Gasteiger partial charge in [0, 0.05) is 20.6 Å². The van der Waals surface area contributed by atoms with Gasteiger partial charge in [0.1, 0.15) is 17.9 Å². The molecule has 2 rings (SSSR count). The molecule has 0 atom stereocenters. The van der Waals surface area contributed by atoms with Crippen LogP contribution in [-0.2, 0) is 20.1 Å². The van der Waals surface area contributed by atoms with Crippen molar-refractivity contribution >= 4 is 29.9 Å². The Hall–Kier alpha value is -1.84. The van der Waals surface area contributed by atoms with Gasteiger partial charge in [0.05, 0.1) is 13.1 Å². The highest BCUT2D eigenvalue weighted by Gasteiger charge is 2.09. The van der Waals surface area contributed by atoms with Crippen molar-refractivity contribution in [3.05, 3.63) is 42.0 Å². The van der Waals surface area contributed by atoms with Gasteiger partial charge in [0.2, 0.25) is 0 Å². The van der Waals surface area contributed by atoms with Gasteiger partial charge in [0.15, 0.2) is 5.96 Å². The lowest BCUT2D eigenvalue weighted by atomic mass is 10.2. The summed E-state index contributed by atoms with van der Waals surface area (Å²) in [6.07, 6.45) is 1.55. The van der Waals surface area contributed by atoms with E-state index in [2.05, 4.69) is 20.4 Å². The number of aliphatic imine (C=N–C) groups is 1. The zero-order chi connectivity index (χ0) is 15.9. The van der Waals surface area contributed by atoms with Gasteiger partial charge in [0.25, 0.3) is 0 Å². The van der Waals surface area contributed by atoms with Gasteiger partial charge in [-0.3, -0.25) is 4.68 Å². The minimum absolute atomic E-state index is 0. The van der Waals surface area contributed by atoms with Crippen molar-refractivity contribution < 1.29 is 5.11 Å². The normalized spacial score (nSPS) is 11.0. The summed E-state index contributed by atoms with van der Waals surface area (Å²) in [6.45, 7) is 3.99. The summed E-state index contributed by atoms with van der Waals surface area (Å²) >= 11 is 0. The van der Waals surface area contributed by atoms with Crippen LogP contribution in [0.15, 0.2) is 35.6 Å². The van der Waals surface area contributed by atoms with E-state index in [1.54, 1.807) is 23.1 Å². The molecule has 1 heterocycles. The zero-order valence-electron chi connectivity index (χ0n) is 13.6. The summed E-state index contributed by atoms with van der Waals surface area (Å²) in [4.78, 5) is 10.8. The van der Waals surface area contributed by atoms with E-state index in [-0.39, 0.29) is 29.7 Å². The van der Waals surface area contributed by atoms with Crippen molar-refractivity contribution in [3.63, 3.8) is 0 Å². The second kappa shape index (κ2) is 9.33. The van der Waals surface area contributed by atoms with E-state index in [1.165, 1.54) is 0 Å². The van der Waals surface area contributed by atoms with Gasteiger partial charge in [-0.15, -0.1) is 24.0 Å². The topological polar surface area (TPSA) is 78.6 Å². The molecule has 2 N–H and O–H groups in total. The quantitative estimate of drug-likeness (QED) is 0.429. The zero-order valence-corrected chi connectivity index (χ0v) is 15.9. The summed E-state index contributed by atoms with van der Waals surface area (Å²) < 4.78 is 1.75. The lowest BCUT2D eigenvalue weighted by Gasteiger charge is -2.21. The number of hydrogen-bond donors (Lipinski definition) is 2. The van der Waals surface area contributed by atoms with E-state index in [9.17, 15) is 5.11 Å². The van der Waals surface area contributed by atoms with E-state index in [4.69, 9.17) is 0 Å². The van der Waals surface area contributed by atoms with Crippen LogP contribution in [0.4, 0.5) is 0 Å². The Labute approximate surface area is 153 Å². The largest absolute Gasteiger partial charge is 0.508 e. The van der Waals surface area contributed by atoms with E-state index in [1.807, 2.05) is 38.1 Å². The molecule has 0 bridgehead atoms. The third-order valence-corrected chi connectivity index (χ3v) is 3.23. The van der Waals surface area contributed by atoms with E-state index >= 15 is 0 Å². The monoisotopic (exact) mass is 430 g/mol. The third kappa shape index (κ3) is 5.70. The summed E-state index contributed by atoms with van der Waals surface area (Å²) in [5.41, 5.74) is 1.04. The molecule has 7 nitrogen and oxygen atoms in total. The van der Waals surface area contributed by atoms with Crippen LogP contribution < -0.4 is 5.32 Å². The lowest BCUT2D eigenvalue weighted by Crippen LogP contribution is -2.39. The Balaban J connectivity index is 0.00000264. The standard InChI is InChI=1S/C15H22N6O.HI/c1-4-16-15(17-9-12-5-7-13(22)8-6-12)20(2)10-14-18-11-19-21(14)3;/h5-8,11,22H,4,9-10H2,1-3H3,(H,16,17);1H. The Bertz CT molecular complexity index is 625. The number of aryl methyl sites for hydroxylation is 1. The van der Waals surface area contributed by atoms with Gasteiger partial charge in [-0.25, -0.2) is 9.98 Å². The first-order chi connectivity index (χ1) is 10.6. The molecular weight excluding hydrogens is 407 g/mol. The van der Waals surface area contributed by atoms with Crippen LogP contribution in [0.3, 0.4) is 0 Å². The Kier molecular flexibility index (Phi) is 7.79. The van der Waals surface area contributed by atoms with Crippen LogP contribution in [0.25, 0.3) is 0 Å². The molecule has 8 heteroatoms. The molecule has 0 aliphatic heterocycles. The minimum atomic E-state index is 0. The van der Waals surface area contributed by atoms with Gasteiger partial charge in [-0.1, -0.05) is 12.1 Å². The number of rotatable bonds is 5. The Morgan fingerprint density at radius 3 is 2.61 bits per heavy atom. The number of nitrogens with one attached hydrogen (secondary N) is 1. The predicted octanol–water partition coefficient (Wildman–Crippen LogP) is 1.74. The predicted molar refractivity (Wildman–Crippen MR) is 101 cm³/mol. The van der Waals surface area contributed by atoms with E-state index in [0.29, 0.717) is 13.1 Å². The number of halogens is 1. The van der Waals surface area contributed by atoms with Crippen LogP contribution in [0.5, 0.6) is 5.75 Å². The smallest absolute Gasteiger partial charge is 0.194 e. The van der Waals surface area contributed by atoms with Crippen molar-refractivity contribution in [2.24, 2.45) is 12.0 Å². The third-order valence-electron chi connectivity index (χ3n) is 3.23. The van der Waals surface area contributed by atoms with Gasteiger partial charge >= 0.3 is 0 Å². The first-order valence-electron chi connectivity index (χ1n) is 7.20. The van der Waals surface area contributed by atoms with Crippen molar-refractivity contribution in [1.29, 1.82) is 0 Å². The molecule has 0 aliphatic carbocycles. The minimum Gasteiger partial charge on any atom is -0.508 e. The second-order valence-corrected chi connectivity index (χ2v) is 4.99. The molecule has 0 saturated carbocycles. The molecule has 0 aliphatic rings. The number of benzene rings is 1. The number of aromatic nitrogens is 3. The molecule has 0 fully saturated rings. The first-order valence-corrected chi connectivity index (χ1v) is 7.20. The average Bonchev–Trinajstić information content (AvgIpc) is 2.90. The summed E-state index contributed by atoms with van der Waals surface area (Å²) in [7, 11) is 3.84. The maximum atomic E-state index is 9.30. The highest BCUT2D eigenvalue weighted by atomic mass is 127. The van der Waals surface area contributed by atoms with E-state index in [0.717, 1.165) is 23.9 Å². The molecule has 0 unspecified atom stereocenters. The van der Waals surface area contributed by atoms with Gasteiger partial charge in [-0.2, -0.15) is 5.10 Å². The molecule has 0 spiro atoms. The van der Waals surface area contributed by atoms with Gasteiger partial charge < -0.3 is 15.3 Å². The number of phenols is 1. The van der Waals surface area contributed by atoms with Crippen molar-refractivity contribution in [1.82, 2.24) is 25.0 Å². The number of phenolic OH excluding ortho intramolecular Hbond substituents is 1. The highest BCUT2D eigenvalue weighted by molar-refractivity contribution is 14.0. The van der Waals surface area contributed by atoms with Crippen LogP contribution in [0.2, 0.25) is 0 Å². The summed E-state index contributed by atoms with van der Waals surface area (Å²) in [5.74, 6) is 1.94. The fourth-order valence-electron chi connectivity index (χ4n) is 1.99. The summed E-state index contributed by atoms with van der Waals surface area (Å²) in [6, 6.07) is 7.07. The SMILES string of the molecule is CCNC(=NCc1ccc(O)cc1)N(C)Cc1ncnn1C.I. The summed E-state index contributed by atoms with van der Waals surface area (Å²) in [5, 5.41) is 16.6. The second-order valence-electron chi connectivity index (χ2n) is 4.99. The molecule has 1 aromatic carbocycles.